The van der Waals surface area contributed by atoms with Gasteiger partial charge in [0.05, 0.1) is 17.6 Å². The Hall–Kier alpha value is -1.39. The molecule has 0 aliphatic carbocycles. The molecule has 2 N–H and O–H groups in total. The molecule has 21 heavy (non-hydrogen) atoms. The van der Waals surface area contributed by atoms with Crippen LogP contribution in [-0.4, -0.2) is 38.3 Å². The first-order chi connectivity index (χ1) is 10.0. The lowest BCUT2D eigenvalue weighted by Gasteiger charge is -2.31. The third-order valence-corrected chi connectivity index (χ3v) is 4.40. The number of ether oxygens (including phenoxy) is 1. The molecule has 4 heteroatoms. The fourth-order valence-corrected chi connectivity index (χ4v) is 2.93. The molecule has 0 saturated carbocycles. The van der Waals surface area contributed by atoms with E-state index in [2.05, 4.69) is 10.6 Å². The van der Waals surface area contributed by atoms with Crippen LogP contribution >= 0.6 is 0 Å². The highest BCUT2D eigenvalue weighted by Crippen LogP contribution is 2.24. The predicted molar refractivity (Wildman–Crippen MR) is 84.3 cm³/mol. The fourth-order valence-electron chi connectivity index (χ4n) is 2.93. The van der Waals surface area contributed by atoms with Gasteiger partial charge in [-0.2, -0.15) is 0 Å². The summed E-state index contributed by atoms with van der Waals surface area (Å²) < 4.78 is 5.32. The third-order valence-electron chi connectivity index (χ3n) is 4.40. The van der Waals surface area contributed by atoms with Crippen LogP contribution in [0.5, 0.6) is 0 Å². The van der Waals surface area contributed by atoms with E-state index >= 15 is 0 Å². The van der Waals surface area contributed by atoms with Gasteiger partial charge in [-0.3, -0.25) is 4.79 Å². The Kier molecular flexibility index (Phi) is 5.01. The zero-order valence-electron chi connectivity index (χ0n) is 13.2. The van der Waals surface area contributed by atoms with Gasteiger partial charge in [-0.05, 0) is 38.8 Å². The largest absolute Gasteiger partial charge is 0.383 e. The first kappa shape index (κ1) is 16.0. The van der Waals surface area contributed by atoms with Crippen LogP contribution in [0.2, 0.25) is 0 Å². The van der Waals surface area contributed by atoms with Gasteiger partial charge in [-0.25, -0.2) is 0 Å². The molecule has 1 fully saturated rings. The van der Waals surface area contributed by atoms with E-state index in [0.29, 0.717) is 13.2 Å². The second-order valence-electron chi connectivity index (χ2n) is 6.42. The molecule has 1 atom stereocenters. The van der Waals surface area contributed by atoms with E-state index in [4.69, 9.17) is 4.74 Å². The maximum absolute atomic E-state index is 12.6. The van der Waals surface area contributed by atoms with Gasteiger partial charge >= 0.3 is 0 Å². The van der Waals surface area contributed by atoms with Crippen LogP contribution < -0.4 is 10.6 Å². The van der Waals surface area contributed by atoms with E-state index < -0.39 is 5.41 Å². The molecule has 1 unspecified atom stereocenters. The van der Waals surface area contributed by atoms with Gasteiger partial charge < -0.3 is 15.4 Å². The predicted octanol–water partition coefficient (Wildman–Crippen LogP) is 1.85. The van der Waals surface area contributed by atoms with Crippen molar-refractivity contribution in [2.24, 2.45) is 0 Å². The third kappa shape index (κ3) is 3.63. The van der Waals surface area contributed by atoms with Crippen LogP contribution in [0.3, 0.4) is 0 Å². The highest BCUT2D eigenvalue weighted by molar-refractivity contribution is 5.87. The molecule has 2 rings (SSSR count). The summed E-state index contributed by atoms with van der Waals surface area (Å²) in [6.45, 7) is 6.14. The van der Waals surface area contributed by atoms with Crippen molar-refractivity contribution in [2.75, 3.05) is 26.8 Å². The molecule has 1 heterocycles. The number of hydrogen-bond acceptors (Lipinski definition) is 3. The van der Waals surface area contributed by atoms with E-state index in [-0.39, 0.29) is 11.4 Å². The number of nitrogens with one attached hydrogen (secondary N) is 2. The molecule has 0 aromatic heterocycles. The average molecular weight is 290 g/mol. The van der Waals surface area contributed by atoms with Crippen molar-refractivity contribution in [3.63, 3.8) is 0 Å². The molecule has 1 aromatic carbocycles. The molecule has 0 bridgehead atoms. The molecule has 0 radical (unpaired) electrons. The van der Waals surface area contributed by atoms with Crippen molar-refractivity contribution in [3.8, 4) is 0 Å². The van der Waals surface area contributed by atoms with Crippen LogP contribution in [0.4, 0.5) is 0 Å². The number of carbonyl (C=O) groups excluding carboxylic acids is 1. The van der Waals surface area contributed by atoms with Crippen LogP contribution in [0.15, 0.2) is 30.3 Å². The molecule has 1 aliphatic heterocycles. The smallest absolute Gasteiger partial charge is 0.230 e. The second kappa shape index (κ2) is 6.58. The van der Waals surface area contributed by atoms with Gasteiger partial charge in [-0.1, -0.05) is 30.3 Å². The summed E-state index contributed by atoms with van der Waals surface area (Å²) in [7, 11) is 1.71. The van der Waals surface area contributed by atoms with Crippen LogP contribution in [0, 0.1) is 0 Å². The Morgan fingerprint density at radius 2 is 2.10 bits per heavy atom. The summed E-state index contributed by atoms with van der Waals surface area (Å²) >= 11 is 0. The molecule has 1 saturated heterocycles. The van der Waals surface area contributed by atoms with Gasteiger partial charge in [0.25, 0.3) is 0 Å². The minimum absolute atomic E-state index is 0.0536. The zero-order chi connectivity index (χ0) is 15.3. The molecule has 116 valence electrons. The molecule has 4 nitrogen and oxygen atoms in total. The standard InChI is InChI=1S/C17H26N2O2/c1-16(2,14-8-5-4-6-9-14)15(20)18-12-17(13-21-3)10-7-11-19-17/h4-6,8-9,19H,7,10-13H2,1-3H3,(H,18,20). The summed E-state index contributed by atoms with van der Waals surface area (Å²) in [6, 6.07) is 9.90. The van der Waals surface area contributed by atoms with E-state index in [1.807, 2.05) is 44.2 Å². The maximum Gasteiger partial charge on any atom is 0.230 e. The van der Waals surface area contributed by atoms with Crippen molar-refractivity contribution in [3.05, 3.63) is 35.9 Å². The van der Waals surface area contributed by atoms with Crippen molar-refractivity contribution in [2.45, 2.75) is 37.6 Å². The lowest BCUT2D eigenvalue weighted by molar-refractivity contribution is -0.126. The van der Waals surface area contributed by atoms with Crippen molar-refractivity contribution in [1.82, 2.24) is 10.6 Å². The van der Waals surface area contributed by atoms with Crippen molar-refractivity contribution >= 4 is 5.91 Å². The minimum atomic E-state index is -0.534. The molecule has 1 amide bonds. The van der Waals surface area contributed by atoms with Crippen LogP contribution in [0.25, 0.3) is 0 Å². The second-order valence-corrected chi connectivity index (χ2v) is 6.42. The summed E-state index contributed by atoms with van der Waals surface area (Å²) in [5.41, 5.74) is 0.383. The van der Waals surface area contributed by atoms with Gasteiger partial charge in [0.1, 0.15) is 0 Å². The Bertz CT molecular complexity index is 465. The summed E-state index contributed by atoms with van der Waals surface area (Å²) in [4.78, 5) is 12.6. The van der Waals surface area contributed by atoms with E-state index in [9.17, 15) is 4.79 Å². The van der Waals surface area contributed by atoms with Gasteiger partial charge in [0, 0.05) is 13.7 Å². The number of hydrogen-bond donors (Lipinski definition) is 2. The number of rotatable bonds is 6. The van der Waals surface area contributed by atoms with Crippen LogP contribution in [-0.2, 0) is 14.9 Å². The van der Waals surface area contributed by atoms with E-state index in [1.54, 1.807) is 7.11 Å². The Balaban J connectivity index is 2.00. The Labute approximate surface area is 127 Å². The zero-order valence-corrected chi connectivity index (χ0v) is 13.2. The summed E-state index contributed by atoms with van der Waals surface area (Å²) in [5, 5.41) is 6.59. The minimum Gasteiger partial charge on any atom is -0.383 e. The quantitative estimate of drug-likeness (QED) is 0.840. The molecule has 0 spiro atoms. The molecule has 1 aliphatic rings. The number of methoxy groups -OCH3 is 1. The van der Waals surface area contributed by atoms with Gasteiger partial charge in [0.15, 0.2) is 0 Å². The van der Waals surface area contributed by atoms with Crippen LogP contribution in [0.1, 0.15) is 32.3 Å². The molecular weight excluding hydrogens is 264 g/mol. The summed E-state index contributed by atoms with van der Waals surface area (Å²) in [5.74, 6) is 0.0536. The highest BCUT2D eigenvalue weighted by atomic mass is 16.5. The lowest BCUT2D eigenvalue weighted by Crippen LogP contribution is -2.55. The van der Waals surface area contributed by atoms with Crippen molar-refractivity contribution in [1.29, 1.82) is 0 Å². The van der Waals surface area contributed by atoms with Gasteiger partial charge in [0.2, 0.25) is 5.91 Å². The maximum atomic E-state index is 12.6. The SMILES string of the molecule is COCC1(CNC(=O)C(C)(C)c2ccccc2)CCCN1. The van der Waals surface area contributed by atoms with E-state index in [0.717, 1.165) is 24.9 Å². The number of amides is 1. The normalized spacial score (nSPS) is 22.2. The van der Waals surface area contributed by atoms with E-state index in [1.165, 1.54) is 0 Å². The fraction of sp³-hybridized carbons (Fsp3) is 0.588. The highest BCUT2D eigenvalue weighted by Gasteiger charge is 2.36. The monoisotopic (exact) mass is 290 g/mol. The van der Waals surface area contributed by atoms with Gasteiger partial charge in [-0.15, -0.1) is 0 Å². The molecular formula is C17H26N2O2. The number of benzene rings is 1. The number of carbonyl (C=O) groups is 1. The topological polar surface area (TPSA) is 50.4 Å². The lowest BCUT2D eigenvalue weighted by atomic mass is 9.83. The Morgan fingerprint density at radius 1 is 1.38 bits per heavy atom. The first-order valence-electron chi connectivity index (χ1n) is 7.58. The Morgan fingerprint density at radius 3 is 2.67 bits per heavy atom. The van der Waals surface area contributed by atoms with Crippen molar-refractivity contribution < 1.29 is 9.53 Å². The first-order valence-corrected chi connectivity index (χ1v) is 7.58. The average Bonchev–Trinajstić information content (AvgIpc) is 2.95. The summed E-state index contributed by atoms with van der Waals surface area (Å²) in [6.07, 6.45) is 2.16. The molecule has 1 aromatic rings.